The first-order valence-electron chi connectivity index (χ1n) is 8.94. The first-order chi connectivity index (χ1) is 12.6. The molecule has 1 aromatic carbocycles. The first-order valence-corrected chi connectivity index (χ1v) is 10.2. The normalized spacial score (nSPS) is 22.6. The lowest BCUT2D eigenvalue weighted by Gasteiger charge is -2.40. The second-order valence-electron chi connectivity index (χ2n) is 6.67. The van der Waals surface area contributed by atoms with Gasteiger partial charge in [0.05, 0.1) is 6.04 Å². The minimum absolute atomic E-state index is 0.00607. The number of hydrogen-bond donors (Lipinski definition) is 0. The Hall–Kier alpha value is -1.41. The van der Waals surface area contributed by atoms with Gasteiger partial charge in [-0.3, -0.25) is 9.69 Å². The van der Waals surface area contributed by atoms with Gasteiger partial charge in [-0.15, -0.1) is 5.10 Å². The van der Waals surface area contributed by atoms with E-state index >= 15 is 0 Å². The number of piperazine rings is 1. The third kappa shape index (κ3) is 3.17. The molecular formula is C18H22ClN5OS. The van der Waals surface area contributed by atoms with E-state index in [4.69, 9.17) is 11.6 Å². The number of likely N-dealkylation sites (N-methyl/N-ethyl adjacent to an activating group) is 1. The van der Waals surface area contributed by atoms with Crippen molar-refractivity contribution in [2.24, 2.45) is 0 Å². The Balaban J connectivity index is 1.67. The lowest BCUT2D eigenvalue weighted by atomic mass is 10.00. The maximum absolute atomic E-state index is 13.1. The van der Waals surface area contributed by atoms with Crippen LogP contribution in [0.25, 0.3) is 0 Å². The molecule has 3 heterocycles. The van der Waals surface area contributed by atoms with Crippen LogP contribution in [0.1, 0.15) is 29.1 Å². The van der Waals surface area contributed by atoms with Crippen LogP contribution < -0.4 is 0 Å². The quantitative estimate of drug-likeness (QED) is 0.798. The minimum atomic E-state index is -0.279. The molecule has 0 amide bonds. The van der Waals surface area contributed by atoms with Crippen LogP contribution in [0.2, 0.25) is 5.02 Å². The predicted molar refractivity (Wildman–Crippen MR) is 103 cm³/mol. The zero-order valence-corrected chi connectivity index (χ0v) is 16.5. The van der Waals surface area contributed by atoms with Crippen LogP contribution in [-0.2, 0) is 0 Å². The summed E-state index contributed by atoms with van der Waals surface area (Å²) in [6.07, 6.45) is 0. The molecule has 0 radical (unpaired) electrons. The van der Waals surface area contributed by atoms with E-state index in [0.29, 0.717) is 16.0 Å². The van der Waals surface area contributed by atoms with Gasteiger partial charge in [-0.1, -0.05) is 48.5 Å². The van der Waals surface area contributed by atoms with Gasteiger partial charge in [0.25, 0.3) is 5.91 Å². The number of rotatable bonds is 4. The largest absolute Gasteiger partial charge is 0.301 e. The zero-order chi connectivity index (χ0) is 18.3. The van der Waals surface area contributed by atoms with E-state index in [-0.39, 0.29) is 17.2 Å². The number of carbonyl (C=O) groups excluding carboxylic acids is 1. The van der Waals surface area contributed by atoms with Crippen LogP contribution in [-0.4, -0.2) is 68.4 Å². The number of halogens is 1. The molecule has 2 unspecified atom stereocenters. The monoisotopic (exact) mass is 391 g/mol. The molecule has 0 saturated carbocycles. The molecule has 6 nitrogen and oxygen atoms in total. The summed E-state index contributed by atoms with van der Waals surface area (Å²) in [5.74, 6) is 0.624. The molecule has 0 N–H and O–H groups in total. The lowest BCUT2D eigenvalue weighted by molar-refractivity contribution is 0.0739. The van der Waals surface area contributed by atoms with Crippen LogP contribution in [0.15, 0.2) is 29.4 Å². The average molecular weight is 392 g/mol. The number of carbonyl (C=O) groups is 1. The van der Waals surface area contributed by atoms with Crippen molar-refractivity contribution in [1.29, 1.82) is 0 Å². The van der Waals surface area contributed by atoms with Crippen LogP contribution in [0.3, 0.4) is 0 Å². The molecule has 138 valence electrons. The summed E-state index contributed by atoms with van der Waals surface area (Å²) in [4.78, 5) is 22.3. The second kappa shape index (κ2) is 7.31. The molecule has 4 rings (SSSR count). The number of thioether (sulfide) groups is 1. The zero-order valence-electron chi connectivity index (χ0n) is 14.9. The summed E-state index contributed by atoms with van der Waals surface area (Å²) >= 11 is 8.04. The molecule has 2 aliphatic heterocycles. The third-order valence-corrected chi connectivity index (χ3v) is 6.66. The first kappa shape index (κ1) is 18.0. The van der Waals surface area contributed by atoms with E-state index in [1.54, 1.807) is 0 Å². The molecular weight excluding hydrogens is 370 g/mol. The fourth-order valence-electron chi connectivity index (χ4n) is 3.72. The van der Waals surface area contributed by atoms with E-state index in [1.165, 1.54) is 16.4 Å². The number of benzene rings is 1. The summed E-state index contributed by atoms with van der Waals surface area (Å²) in [5, 5.41) is 5.38. The number of aryl methyl sites for hydroxylation is 1. The van der Waals surface area contributed by atoms with Crippen molar-refractivity contribution in [1.82, 2.24) is 24.6 Å². The van der Waals surface area contributed by atoms with Crippen LogP contribution in [0.5, 0.6) is 0 Å². The maximum Gasteiger partial charge on any atom is 0.264 e. The highest BCUT2D eigenvalue weighted by molar-refractivity contribution is 8.00. The van der Waals surface area contributed by atoms with E-state index in [2.05, 4.69) is 26.8 Å². The lowest BCUT2D eigenvalue weighted by Crippen LogP contribution is -2.50. The maximum atomic E-state index is 13.1. The van der Waals surface area contributed by atoms with Crippen molar-refractivity contribution >= 4 is 29.3 Å². The number of hydrogen-bond acceptors (Lipinski definition) is 6. The van der Waals surface area contributed by atoms with Crippen molar-refractivity contribution < 1.29 is 4.79 Å². The van der Waals surface area contributed by atoms with Gasteiger partial charge in [0.15, 0.2) is 5.16 Å². The van der Waals surface area contributed by atoms with Crippen LogP contribution in [0.4, 0.5) is 0 Å². The second-order valence-corrected chi connectivity index (χ2v) is 8.18. The van der Waals surface area contributed by atoms with Crippen molar-refractivity contribution in [2.75, 3.05) is 32.7 Å². The summed E-state index contributed by atoms with van der Waals surface area (Å²) in [6, 6.07) is 7.77. The van der Waals surface area contributed by atoms with Gasteiger partial charge < -0.3 is 4.90 Å². The number of fused-ring (bicyclic) bond motifs is 1. The topological polar surface area (TPSA) is 54.3 Å². The molecule has 0 spiro atoms. The average Bonchev–Trinajstić information content (AvgIpc) is 3.15. The summed E-state index contributed by atoms with van der Waals surface area (Å²) < 4.78 is 1.46. The Kier molecular flexibility index (Phi) is 5.05. The van der Waals surface area contributed by atoms with Gasteiger partial charge in [0.1, 0.15) is 11.1 Å². The van der Waals surface area contributed by atoms with Gasteiger partial charge in [-0.05, 0) is 25.1 Å². The van der Waals surface area contributed by atoms with Crippen molar-refractivity contribution in [2.45, 2.75) is 30.3 Å². The fourth-order valence-corrected chi connectivity index (χ4v) is 5.26. The molecule has 1 saturated heterocycles. The van der Waals surface area contributed by atoms with E-state index in [9.17, 15) is 4.79 Å². The summed E-state index contributed by atoms with van der Waals surface area (Å²) in [7, 11) is 0. The van der Waals surface area contributed by atoms with Crippen molar-refractivity contribution in [3.63, 3.8) is 0 Å². The van der Waals surface area contributed by atoms with Crippen LogP contribution in [0, 0.1) is 6.92 Å². The van der Waals surface area contributed by atoms with Crippen LogP contribution >= 0.6 is 23.4 Å². The van der Waals surface area contributed by atoms with E-state index < -0.39 is 0 Å². The van der Waals surface area contributed by atoms with E-state index in [1.807, 2.05) is 31.2 Å². The molecule has 2 atom stereocenters. The third-order valence-electron chi connectivity index (χ3n) is 5.13. The number of aromatic nitrogens is 3. The van der Waals surface area contributed by atoms with Gasteiger partial charge in [-0.25, -0.2) is 4.98 Å². The smallest absolute Gasteiger partial charge is 0.264 e. The molecule has 0 aliphatic carbocycles. The Morgan fingerprint density at radius 2 is 2.00 bits per heavy atom. The highest BCUT2D eigenvalue weighted by atomic mass is 35.5. The van der Waals surface area contributed by atoms with Crippen molar-refractivity contribution in [3.05, 3.63) is 40.7 Å². The van der Waals surface area contributed by atoms with Gasteiger partial charge in [0, 0.05) is 31.2 Å². The molecule has 1 aromatic heterocycles. The Bertz CT molecular complexity index is 818. The summed E-state index contributed by atoms with van der Waals surface area (Å²) in [6.45, 7) is 8.90. The molecule has 1 fully saturated rings. The van der Waals surface area contributed by atoms with Crippen molar-refractivity contribution in [3.8, 4) is 0 Å². The minimum Gasteiger partial charge on any atom is -0.301 e. The highest BCUT2D eigenvalue weighted by Crippen LogP contribution is 2.42. The van der Waals surface area contributed by atoms with Gasteiger partial charge in [0.2, 0.25) is 0 Å². The predicted octanol–water partition coefficient (Wildman–Crippen LogP) is 2.73. The standard InChI is InChI=1S/C18H22ClN5OS/c1-3-22-8-10-23(11-9-22)15(13-6-4-5-7-14(13)19)16-17(25)24-18(26-16)20-12(2)21-24/h4-7,15-16H,3,8-11H2,1-2H3. The fraction of sp³-hybridized carbons (Fsp3) is 0.500. The molecule has 2 aromatic rings. The Morgan fingerprint density at radius 1 is 1.27 bits per heavy atom. The SMILES string of the molecule is CCN1CCN(C(c2ccccc2Cl)C2Sc3nc(C)nn3C2=O)CC1. The molecule has 26 heavy (non-hydrogen) atoms. The Labute approximate surface area is 162 Å². The Morgan fingerprint density at radius 3 is 2.65 bits per heavy atom. The molecule has 8 heteroatoms. The molecule has 2 aliphatic rings. The molecule has 0 bridgehead atoms. The highest BCUT2D eigenvalue weighted by Gasteiger charge is 2.43. The van der Waals surface area contributed by atoms with E-state index in [0.717, 1.165) is 38.3 Å². The van der Waals surface area contributed by atoms with Gasteiger partial charge >= 0.3 is 0 Å². The summed E-state index contributed by atoms with van der Waals surface area (Å²) in [5.41, 5.74) is 1.01. The van der Waals surface area contributed by atoms with Gasteiger partial charge in [-0.2, -0.15) is 4.68 Å². The number of nitrogens with zero attached hydrogens (tertiary/aromatic N) is 5.